The maximum absolute atomic E-state index is 11.3. The van der Waals surface area contributed by atoms with Crippen molar-refractivity contribution in [1.29, 1.82) is 0 Å². The van der Waals surface area contributed by atoms with Crippen molar-refractivity contribution in [3.8, 4) is 0 Å². The average Bonchev–Trinajstić information content (AvgIpc) is 2.25. The van der Waals surface area contributed by atoms with Gasteiger partial charge < -0.3 is 14.9 Å². The number of aliphatic hydroxyl groups excluding tert-OH is 1. The molecule has 1 aromatic carbocycles. The molecule has 6 heteroatoms. The van der Waals surface area contributed by atoms with Crippen LogP contribution in [0.25, 0.3) is 0 Å². The van der Waals surface area contributed by atoms with E-state index in [4.69, 9.17) is 0 Å². The fourth-order valence-corrected chi connectivity index (χ4v) is 2.48. The number of anilines is 2. The van der Waals surface area contributed by atoms with Gasteiger partial charge in [-0.2, -0.15) is 0 Å². The molecule has 0 fully saturated rings. The van der Waals surface area contributed by atoms with Gasteiger partial charge >= 0.3 is 0 Å². The van der Waals surface area contributed by atoms with Crippen molar-refractivity contribution < 1.29 is 13.5 Å². The molecule has 1 atom stereocenters. The minimum atomic E-state index is -3.21. The van der Waals surface area contributed by atoms with Gasteiger partial charge in [-0.15, -0.1) is 0 Å². The number of sulfone groups is 1. The Bertz CT molecular complexity index is 513. The normalized spacial score (nSPS) is 13.2. The van der Waals surface area contributed by atoms with Crippen LogP contribution in [0, 0.1) is 0 Å². The van der Waals surface area contributed by atoms with Gasteiger partial charge in [0.15, 0.2) is 0 Å². The molecule has 1 aromatic rings. The molecule has 0 aliphatic carbocycles. The molecule has 0 saturated carbocycles. The Labute approximate surface area is 115 Å². The summed E-state index contributed by atoms with van der Waals surface area (Å²) < 4.78 is 22.5. The highest BCUT2D eigenvalue weighted by molar-refractivity contribution is 7.90. The summed E-state index contributed by atoms with van der Waals surface area (Å²) in [6.45, 7) is 0. The van der Waals surface area contributed by atoms with Gasteiger partial charge in [0.1, 0.15) is 9.84 Å². The fraction of sp³-hybridized carbons (Fsp3) is 0.538. The zero-order valence-electron chi connectivity index (χ0n) is 12.1. The lowest BCUT2D eigenvalue weighted by atomic mass is 10.1. The largest absolute Gasteiger partial charge is 0.387 e. The van der Waals surface area contributed by atoms with Crippen molar-refractivity contribution in [2.75, 3.05) is 50.0 Å². The first-order chi connectivity index (χ1) is 8.60. The summed E-state index contributed by atoms with van der Waals surface area (Å²) in [5.74, 6) is -0.267. The topological polar surface area (TPSA) is 60.9 Å². The van der Waals surface area contributed by atoms with Crippen LogP contribution in [0.5, 0.6) is 0 Å². The van der Waals surface area contributed by atoms with Gasteiger partial charge in [-0.3, -0.25) is 0 Å². The van der Waals surface area contributed by atoms with Crippen molar-refractivity contribution in [3.05, 3.63) is 23.8 Å². The van der Waals surface area contributed by atoms with E-state index >= 15 is 0 Å². The number of hydrogen-bond acceptors (Lipinski definition) is 5. The summed E-state index contributed by atoms with van der Waals surface area (Å²) in [6.07, 6.45) is 0.118. The molecule has 0 spiro atoms. The number of hydrogen-bond donors (Lipinski definition) is 1. The second-order valence-electron chi connectivity index (χ2n) is 5.18. The number of aliphatic hydroxyl groups is 1. The molecule has 0 saturated heterocycles. The Balaban J connectivity index is 3.19. The molecule has 0 aromatic heterocycles. The maximum Gasteiger partial charge on any atom is 0.150 e. The Morgan fingerprint density at radius 3 is 1.79 bits per heavy atom. The lowest BCUT2D eigenvalue weighted by molar-refractivity contribution is 0.202. The number of rotatable bonds is 5. The van der Waals surface area contributed by atoms with Crippen LogP contribution in [-0.4, -0.2) is 53.7 Å². The molecular formula is C13H22N2O3S. The summed E-state index contributed by atoms with van der Waals surface area (Å²) in [5, 5.41) is 10.1. The summed E-state index contributed by atoms with van der Waals surface area (Å²) in [5.41, 5.74) is 2.46. The Kier molecular flexibility index (Phi) is 4.81. The Hall–Kier alpha value is -1.27. The standard InChI is InChI=1S/C13H22N2O3S/c1-14(2)11-6-10(7-12(8-11)15(3)4)13(16)9-19(5,17)18/h6-8,13,16H,9H2,1-5H3. The molecule has 0 amide bonds. The predicted molar refractivity (Wildman–Crippen MR) is 79.8 cm³/mol. The molecule has 108 valence electrons. The van der Waals surface area contributed by atoms with Gasteiger partial charge in [0.05, 0.1) is 11.9 Å². The first-order valence-corrected chi connectivity index (χ1v) is 8.01. The van der Waals surface area contributed by atoms with E-state index in [-0.39, 0.29) is 5.75 Å². The molecule has 0 radical (unpaired) electrons. The zero-order chi connectivity index (χ0) is 14.8. The highest BCUT2D eigenvalue weighted by atomic mass is 32.2. The molecule has 1 rings (SSSR count). The molecule has 0 aliphatic rings. The second-order valence-corrected chi connectivity index (χ2v) is 7.36. The van der Waals surface area contributed by atoms with E-state index in [0.29, 0.717) is 5.56 Å². The van der Waals surface area contributed by atoms with Gasteiger partial charge in [-0.05, 0) is 23.8 Å². The quantitative estimate of drug-likeness (QED) is 0.871. The van der Waals surface area contributed by atoms with E-state index in [1.54, 1.807) is 0 Å². The summed E-state index contributed by atoms with van der Waals surface area (Å²) >= 11 is 0. The van der Waals surface area contributed by atoms with Crippen LogP contribution < -0.4 is 9.80 Å². The predicted octanol–water partition coefficient (Wildman–Crippen LogP) is 0.897. The molecule has 1 unspecified atom stereocenters. The van der Waals surface area contributed by atoms with Gasteiger partial charge in [0.25, 0.3) is 0 Å². The monoisotopic (exact) mass is 286 g/mol. The highest BCUT2D eigenvalue weighted by Gasteiger charge is 2.16. The number of benzene rings is 1. The van der Waals surface area contributed by atoms with E-state index in [2.05, 4.69) is 0 Å². The Morgan fingerprint density at radius 2 is 1.47 bits per heavy atom. The first-order valence-electron chi connectivity index (χ1n) is 5.95. The lowest BCUT2D eigenvalue weighted by Gasteiger charge is -2.21. The van der Waals surface area contributed by atoms with Gasteiger partial charge in [-0.25, -0.2) is 8.42 Å². The van der Waals surface area contributed by atoms with E-state index in [1.807, 2.05) is 56.2 Å². The van der Waals surface area contributed by atoms with E-state index < -0.39 is 15.9 Å². The third-order valence-corrected chi connectivity index (χ3v) is 3.72. The molecule has 0 aliphatic heterocycles. The summed E-state index contributed by atoms with van der Waals surface area (Å²) in [6, 6.07) is 5.60. The van der Waals surface area contributed by atoms with Crippen molar-refractivity contribution in [3.63, 3.8) is 0 Å². The van der Waals surface area contributed by atoms with Crippen LogP contribution in [0.15, 0.2) is 18.2 Å². The average molecular weight is 286 g/mol. The zero-order valence-corrected chi connectivity index (χ0v) is 12.9. The van der Waals surface area contributed by atoms with Crippen LogP contribution in [0.3, 0.4) is 0 Å². The maximum atomic E-state index is 11.3. The van der Waals surface area contributed by atoms with Crippen molar-refractivity contribution in [1.82, 2.24) is 0 Å². The minimum Gasteiger partial charge on any atom is -0.387 e. The van der Waals surface area contributed by atoms with Crippen LogP contribution in [0.2, 0.25) is 0 Å². The summed E-state index contributed by atoms with van der Waals surface area (Å²) in [4.78, 5) is 3.84. The molecule has 1 N–H and O–H groups in total. The van der Waals surface area contributed by atoms with Gasteiger partial charge in [0.2, 0.25) is 0 Å². The smallest absolute Gasteiger partial charge is 0.150 e. The van der Waals surface area contributed by atoms with Crippen LogP contribution in [0.1, 0.15) is 11.7 Å². The second kappa shape index (κ2) is 5.79. The minimum absolute atomic E-state index is 0.267. The lowest BCUT2D eigenvalue weighted by Crippen LogP contribution is -2.16. The highest BCUT2D eigenvalue weighted by Crippen LogP contribution is 2.27. The van der Waals surface area contributed by atoms with Crippen LogP contribution in [0.4, 0.5) is 11.4 Å². The number of nitrogens with zero attached hydrogens (tertiary/aromatic N) is 2. The fourth-order valence-electron chi connectivity index (χ4n) is 1.71. The van der Waals surface area contributed by atoms with E-state index in [0.717, 1.165) is 17.6 Å². The first kappa shape index (κ1) is 15.8. The van der Waals surface area contributed by atoms with Crippen molar-refractivity contribution >= 4 is 21.2 Å². The Morgan fingerprint density at radius 1 is 1.05 bits per heavy atom. The molecule has 0 bridgehead atoms. The third kappa shape index (κ3) is 4.72. The van der Waals surface area contributed by atoms with Crippen molar-refractivity contribution in [2.45, 2.75) is 6.10 Å². The van der Waals surface area contributed by atoms with Gasteiger partial charge in [-0.1, -0.05) is 0 Å². The molecular weight excluding hydrogens is 264 g/mol. The van der Waals surface area contributed by atoms with Crippen LogP contribution in [-0.2, 0) is 9.84 Å². The summed E-state index contributed by atoms with van der Waals surface area (Å²) in [7, 11) is 4.40. The molecule has 5 nitrogen and oxygen atoms in total. The van der Waals surface area contributed by atoms with E-state index in [9.17, 15) is 13.5 Å². The SMILES string of the molecule is CN(C)c1cc(C(O)CS(C)(=O)=O)cc(N(C)C)c1. The molecule has 0 heterocycles. The van der Waals surface area contributed by atoms with Gasteiger partial charge in [0, 0.05) is 45.8 Å². The van der Waals surface area contributed by atoms with E-state index in [1.165, 1.54) is 0 Å². The van der Waals surface area contributed by atoms with Crippen molar-refractivity contribution in [2.24, 2.45) is 0 Å². The molecule has 19 heavy (non-hydrogen) atoms. The third-order valence-electron chi connectivity index (χ3n) is 2.80. The van der Waals surface area contributed by atoms with Crippen LogP contribution >= 0.6 is 0 Å².